The first-order valence-corrected chi connectivity index (χ1v) is 2.17. The van der Waals surface area contributed by atoms with Crippen LogP contribution >= 0.6 is 0 Å². The zero-order chi connectivity index (χ0) is 5.70. The van der Waals surface area contributed by atoms with Crippen molar-refractivity contribution in [3.05, 3.63) is 24.3 Å². The molecule has 0 heterocycles. The van der Waals surface area contributed by atoms with Crippen molar-refractivity contribution in [3.63, 3.8) is 0 Å². The lowest BCUT2D eigenvalue weighted by Gasteiger charge is -1.83. The van der Waals surface area contributed by atoms with Crippen LogP contribution in [0.1, 0.15) is 6.92 Å². The number of hydrogen-bond donors (Lipinski definition) is 0. The monoisotopic (exact) mass is 97.1 g/mol. The van der Waals surface area contributed by atoms with Crippen LogP contribution in [0.25, 0.3) is 0 Å². The molecule has 0 aromatic heterocycles. The van der Waals surface area contributed by atoms with Crippen molar-refractivity contribution in [1.82, 2.24) is 0 Å². The Labute approximate surface area is 44.0 Å². The number of hydrogen-bond acceptors (Lipinski definition) is 0. The summed E-state index contributed by atoms with van der Waals surface area (Å²) < 4.78 is 0. The highest BCUT2D eigenvalue weighted by molar-refractivity contribution is 5.07. The quantitative estimate of drug-likeness (QED) is 0.466. The van der Waals surface area contributed by atoms with E-state index in [0.717, 1.165) is 5.57 Å². The second kappa shape index (κ2) is 3.62. The molecule has 0 aromatic carbocycles. The third-order valence-electron chi connectivity index (χ3n) is 0.630. The molecule has 0 aliphatic rings. The molecular formula is C6H9O. The summed E-state index contributed by atoms with van der Waals surface area (Å²) in [5.41, 5.74) is 0.829. The summed E-state index contributed by atoms with van der Waals surface area (Å²) in [5.74, 6) is 0. The zero-order valence-electron chi connectivity index (χ0n) is 4.48. The average Bonchev–Trinajstić information content (AvgIpc) is 1.68. The van der Waals surface area contributed by atoms with Crippen LogP contribution < -0.4 is 0 Å². The summed E-state index contributed by atoms with van der Waals surface area (Å²) in [6.45, 7) is 5.10. The van der Waals surface area contributed by atoms with Gasteiger partial charge in [-0.2, -0.15) is 0 Å². The lowest BCUT2D eigenvalue weighted by Crippen LogP contribution is -1.77. The maximum absolute atomic E-state index is 9.90. The van der Waals surface area contributed by atoms with E-state index in [1.807, 2.05) is 0 Å². The summed E-state index contributed by atoms with van der Waals surface area (Å²) >= 11 is 0. The summed E-state index contributed by atoms with van der Waals surface area (Å²) in [4.78, 5) is 0. The fraction of sp³-hybridized carbons (Fsp3) is 0.333. The SMILES string of the molecule is C=C/C=C(\C)C[O]. The molecule has 1 nitrogen and oxygen atoms in total. The topological polar surface area (TPSA) is 19.9 Å². The lowest BCUT2D eigenvalue weighted by molar-refractivity contribution is 0.223. The Bertz CT molecular complexity index is 82.2. The molecule has 0 atom stereocenters. The summed E-state index contributed by atoms with van der Waals surface area (Å²) in [5, 5.41) is 9.90. The van der Waals surface area contributed by atoms with E-state index in [-0.39, 0.29) is 6.61 Å². The van der Waals surface area contributed by atoms with E-state index in [9.17, 15) is 5.11 Å². The molecule has 1 heteroatoms. The van der Waals surface area contributed by atoms with Gasteiger partial charge in [-0.15, -0.1) is 0 Å². The molecule has 0 fully saturated rings. The molecule has 39 valence electrons. The normalized spacial score (nSPS) is 11.4. The van der Waals surface area contributed by atoms with E-state index >= 15 is 0 Å². The summed E-state index contributed by atoms with van der Waals surface area (Å²) in [7, 11) is 0. The number of allylic oxidation sites excluding steroid dienone is 2. The molecule has 0 spiro atoms. The maximum atomic E-state index is 9.90. The van der Waals surface area contributed by atoms with Crippen molar-refractivity contribution in [1.29, 1.82) is 0 Å². The fourth-order valence-electron chi connectivity index (χ4n) is 0.249. The van der Waals surface area contributed by atoms with Gasteiger partial charge in [-0.25, -0.2) is 5.11 Å². The van der Waals surface area contributed by atoms with Gasteiger partial charge in [0.15, 0.2) is 0 Å². The highest BCUT2D eigenvalue weighted by Gasteiger charge is 1.78. The maximum Gasteiger partial charge on any atom is 0.103 e. The minimum Gasteiger partial charge on any atom is -0.232 e. The Morgan fingerprint density at radius 3 is 2.57 bits per heavy atom. The minimum absolute atomic E-state index is 0.119. The lowest BCUT2D eigenvalue weighted by atomic mass is 10.3. The Hall–Kier alpha value is -0.560. The van der Waals surface area contributed by atoms with E-state index in [4.69, 9.17) is 0 Å². The predicted molar refractivity (Wildman–Crippen MR) is 29.5 cm³/mol. The molecule has 0 unspecified atom stereocenters. The Morgan fingerprint density at radius 1 is 1.86 bits per heavy atom. The van der Waals surface area contributed by atoms with Gasteiger partial charge in [0.2, 0.25) is 0 Å². The van der Waals surface area contributed by atoms with Gasteiger partial charge in [0, 0.05) is 0 Å². The third kappa shape index (κ3) is 3.27. The van der Waals surface area contributed by atoms with Crippen LogP contribution in [0.15, 0.2) is 24.3 Å². The van der Waals surface area contributed by atoms with Gasteiger partial charge in [-0.3, -0.25) is 0 Å². The number of rotatable bonds is 2. The summed E-state index contributed by atoms with van der Waals surface area (Å²) in [6, 6.07) is 0. The minimum atomic E-state index is -0.119. The van der Waals surface area contributed by atoms with Crippen molar-refractivity contribution >= 4 is 0 Å². The van der Waals surface area contributed by atoms with Crippen LogP contribution in [-0.4, -0.2) is 6.61 Å². The second-order valence-electron chi connectivity index (χ2n) is 1.39. The molecule has 7 heavy (non-hydrogen) atoms. The smallest absolute Gasteiger partial charge is 0.103 e. The van der Waals surface area contributed by atoms with Crippen molar-refractivity contribution in [2.75, 3.05) is 6.61 Å². The first-order chi connectivity index (χ1) is 3.31. The van der Waals surface area contributed by atoms with Gasteiger partial charge in [0.25, 0.3) is 0 Å². The van der Waals surface area contributed by atoms with Crippen LogP contribution in [0.4, 0.5) is 0 Å². The first kappa shape index (κ1) is 6.44. The van der Waals surface area contributed by atoms with Crippen molar-refractivity contribution in [2.24, 2.45) is 0 Å². The van der Waals surface area contributed by atoms with Gasteiger partial charge in [0.1, 0.15) is 6.61 Å². The molecule has 0 aliphatic carbocycles. The molecule has 0 bridgehead atoms. The Kier molecular flexibility index (Phi) is 3.33. The van der Waals surface area contributed by atoms with Gasteiger partial charge < -0.3 is 0 Å². The molecule has 0 saturated heterocycles. The van der Waals surface area contributed by atoms with Crippen LogP contribution in [0.2, 0.25) is 0 Å². The predicted octanol–water partition coefficient (Wildman–Crippen LogP) is 1.55. The molecule has 0 amide bonds. The van der Waals surface area contributed by atoms with E-state index in [1.165, 1.54) is 0 Å². The molecule has 1 radical (unpaired) electrons. The summed E-state index contributed by atoms with van der Waals surface area (Å²) in [6.07, 6.45) is 3.33. The molecule has 0 rings (SSSR count). The molecule has 0 aromatic rings. The molecular weight excluding hydrogens is 88.1 g/mol. The van der Waals surface area contributed by atoms with Gasteiger partial charge >= 0.3 is 0 Å². The van der Waals surface area contributed by atoms with Gasteiger partial charge in [0.05, 0.1) is 0 Å². The fourth-order valence-corrected chi connectivity index (χ4v) is 0.249. The van der Waals surface area contributed by atoms with Gasteiger partial charge in [-0.05, 0) is 12.5 Å². The van der Waals surface area contributed by atoms with Crippen LogP contribution in [0.5, 0.6) is 0 Å². The second-order valence-corrected chi connectivity index (χ2v) is 1.39. The highest BCUT2D eigenvalue weighted by Crippen LogP contribution is 1.87. The third-order valence-corrected chi connectivity index (χ3v) is 0.630. The van der Waals surface area contributed by atoms with E-state index in [0.29, 0.717) is 0 Å². The van der Waals surface area contributed by atoms with Crippen LogP contribution in [0.3, 0.4) is 0 Å². The highest BCUT2D eigenvalue weighted by atomic mass is 16.3. The largest absolute Gasteiger partial charge is 0.232 e. The first-order valence-electron chi connectivity index (χ1n) is 2.17. The average molecular weight is 97.1 g/mol. The van der Waals surface area contributed by atoms with E-state index in [1.54, 1.807) is 19.1 Å². The van der Waals surface area contributed by atoms with E-state index in [2.05, 4.69) is 6.58 Å². The van der Waals surface area contributed by atoms with Crippen molar-refractivity contribution in [2.45, 2.75) is 6.92 Å². The Morgan fingerprint density at radius 2 is 2.43 bits per heavy atom. The molecule has 0 aliphatic heterocycles. The van der Waals surface area contributed by atoms with Crippen molar-refractivity contribution in [3.8, 4) is 0 Å². The van der Waals surface area contributed by atoms with Gasteiger partial charge in [-0.1, -0.05) is 18.7 Å². The van der Waals surface area contributed by atoms with Crippen LogP contribution in [-0.2, 0) is 5.11 Å². The van der Waals surface area contributed by atoms with Crippen molar-refractivity contribution < 1.29 is 5.11 Å². The molecule has 0 saturated carbocycles. The molecule has 0 N–H and O–H groups in total. The van der Waals surface area contributed by atoms with Crippen LogP contribution in [0, 0.1) is 0 Å². The zero-order valence-corrected chi connectivity index (χ0v) is 4.48. The van der Waals surface area contributed by atoms with E-state index < -0.39 is 0 Å². The Balaban J connectivity index is 3.49. The standard InChI is InChI=1S/C6H9O/c1-3-4-6(2)5-7/h3-4H,1,5H2,2H3/b6-4+.